The Bertz CT molecular complexity index is 1260. The van der Waals surface area contributed by atoms with Crippen LogP contribution < -0.4 is 10.1 Å². The Morgan fingerprint density at radius 3 is 2.52 bits per heavy atom. The number of rotatable bonds is 6. The molecule has 2 aromatic heterocycles. The SMILES string of the molecule is O=C(Nc1ccc(Cl)c(-c2ncc(-c3ccccc3)[nH]2)c1)c1ccc(OCC(F)(F)F)nc1. The van der Waals surface area contributed by atoms with Crippen LogP contribution in [0.15, 0.2) is 73.1 Å². The number of H-pyrrole nitrogens is 1. The van der Waals surface area contributed by atoms with E-state index in [0.717, 1.165) is 17.5 Å². The van der Waals surface area contributed by atoms with Crippen molar-refractivity contribution in [1.82, 2.24) is 15.0 Å². The maximum absolute atomic E-state index is 12.5. The smallest absolute Gasteiger partial charge is 0.422 e. The van der Waals surface area contributed by atoms with Crippen molar-refractivity contribution in [3.8, 4) is 28.5 Å². The van der Waals surface area contributed by atoms with Crippen LogP contribution in [0.3, 0.4) is 0 Å². The fourth-order valence-corrected chi connectivity index (χ4v) is 3.17. The minimum atomic E-state index is -4.47. The first-order valence-corrected chi connectivity index (χ1v) is 10.0. The monoisotopic (exact) mass is 472 g/mol. The highest BCUT2D eigenvalue weighted by Crippen LogP contribution is 2.30. The molecule has 0 aliphatic carbocycles. The lowest BCUT2D eigenvalue weighted by Gasteiger charge is -2.10. The van der Waals surface area contributed by atoms with Gasteiger partial charge in [0.2, 0.25) is 5.88 Å². The molecule has 0 aliphatic heterocycles. The molecule has 0 aliphatic rings. The van der Waals surface area contributed by atoms with E-state index in [1.807, 2.05) is 30.3 Å². The van der Waals surface area contributed by atoms with Crippen LogP contribution in [-0.2, 0) is 0 Å². The van der Waals surface area contributed by atoms with Gasteiger partial charge in [0.25, 0.3) is 5.91 Å². The maximum Gasteiger partial charge on any atom is 0.422 e. The second-order valence-corrected chi connectivity index (χ2v) is 7.36. The van der Waals surface area contributed by atoms with Crippen molar-refractivity contribution < 1.29 is 22.7 Å². The number of aromatic nitrogens is 3. The van der Waals surface area contributed by atoms with Gasteiger partial charge in [-0.1, -0.05) is 41.9 Å². The van der Waals surface area contributed by atoms with E-state index in [4.69, 9.17) is 11.6 Å². The van der Waals surface area contributed by atoms with Crippen molar-refractivity contribution in [2.75, 3.05) is 11.9 Å². The Labute approximate surface area is 191 Å². The van der Waals surface area contributed by atoms with Gasteiger partial charge in [0.15, 0.2) is 6.61 Å². The molecule has 2 aromatic carbocycles. The predicted octanol–water partition coefficient (Wildman–Crippen LogP) is 5.99. The first-order valence-electron chi connectivity index (χ1n) is 9.66. The number of nitrogens with zero attached hydrogens (tertiary/aromatic N) is 2. The first-order chi connectivity index (χ1) is 15.8. The van der Waals surface area contributed by atoms with Crippen LogP contribution in [0.5, 0.6) is 5.88 Å². The van der Waals surface area contributed by atoms with Gasteiger partial charge in [-0.25, -0.2) is 9.97 Å². The Kier molecular flexibility index (Phi) is 6.32. The molecule has 0 radical (unpaired) electrons. The molecule has 4 aromatic rings. The fourth-order valence-electron chi connectivity index (χ4n) is 2.97. The van der Waals surface area contributed by atoms with E-state index in [9.17, 15) is 18.0 Å². The van der Waals surface area contributed by atoms with Gasteiger partial charge in [-0.05, 0) is 29.8 Å². The minimum absolute atomic E-state index is 0.148. The summed E-state index contributed by atoms with van der Waals surface area (Å²) < 4.78 is 41.2. The first kappa shape index (κ1) is 22.3. The molecule has 0 bridgehead atoms. The fraction of sp³-hybridized carbons (Fsp3) is 0.0870. The van der Waals surface area contributed by atoms with Crippen LogP contribution in [0.4, 0.5) is 18.9 Å². The summed E-state index contributed by atoms with van der Waals surface area (Å²) in [4.78, 5) is 23.9. The van der Waals surface area contributed by atoms with Crippen LogP contribution in [0.25, 0.3) is 22.6 Å². The molecule has 0 saturated carbocycles. The molecule has 0 atom stereocenters. The average Bonchev–Trinajstić information content (AvgIpc) is 3.29. The molecule has 2 N–H and O–H groups in total. The molecule has 1 amide bonds. The molecule has 10 heteroatoms. The van der Waals surface area contributed by atoms with Gasteiger partial charge in [-0.15, -0.1) is 0 Å². The van der Waals surface area contributed by atoms with E-state index in [1.54, 1.807) is 24.4 Å². The van der Waals surface area contributed by atoms with Crippen LogP contribution >= 0.6 is 11.6 Å². The molecule has 4 rings (SSSR count). The van der Waals surface area contributed by atoms with Crippen molar-refractivity contribution in [1.29, 1.82) is 0 Å². The van der Waals surface area contributed by atoms with Crippen molar-refractivity contribution in [2.45, 2.75) is 6.18 Å². The van der Waals surface area contributed by atoms with Crippen molar-refractivity contribution in [3.05, 3.63) is 83.6 Å². The highest BCUT2D eigenvalue weighted by Gasteiger charge is 2.28. The summed E-state index contributed by atoms with van der Waals surface area (Å²) in [6.45, 7) is -1.46. The van der Waals surface area contributed by atoms with E-state index in [-0.39, 0.29) is 11.4 Å². The second-order valence-electron chi connectivity index (χ2n) is 6.95. The van der Waals surface area contributed by atoms with E-state index in [0.29, 0.717) is 22.1 Å². The number of carbonyl (C=O) groups excluding carboxylic acids is 1. The zero-order chi connectivity index (χ0) is 23.4. The van der Waals surface area contributed by atoms with Gasteiger partial charge >= 0.3 is 6.18 Å². The van der Waals surface area contributed by atoms with E-state index < -0.39 is 18.7 Å². The van der Waals surface area contributed by atoms with Gasteiger partial charge in [0.05, 0.1) is 22.5 Å². The second kappa shape index (κ2) is 9.33. The molecule has 0 saturated heterocycles. The maximum atomic E-state index is 12.5. The summed E-state index contributed by atoms with van der Waals surface area (Å²) in [5, 5.41) is 3.15. The van der Waals surface area contributed by atoms with Gasteiger partial charge in [-0.3, -0.25) is 4.79 Å². The van der Waals surface area contributed by atoms with Crippen molar-refractivity contribution in [2.24, 2.45) is 0 Å². The van der Waals surface area contributed by atoms with Crippen molar-refractivity contribution >= 4 is 23.2 Å². The standard InChI is InChI=1S/C23H16ClF3N4O2/c24-18-8-7-16(10-17(18)21-29-12-19(31-21)14-4-2-1-3-5-14)30-22(32)15-6-9-20(28-11-15)33-13-23(25,26)27/h1-12H,13H2,(H,29,31)(H,30,32). The third-order valence-corrected chi connectivity index (χ3v) is 4.85. The van der Waals surface area contributed by atoms with Crippen LogP contribution in [0, 0.1) is 0 Å². The number of anilines is 1. The summed E-state index contributed by atoms with van der Waals surface area (Å²) in [7, 11) is 0. The number of ether oxygens (including phenoxy) is 1. The van der Waals surface area contributed by atoms with Crippen LogP contribution in [-0.4, -0.2) is 33.6 Å². The van der Waals surface area contributed by atoms with Crippen LogP contribution in [0.1, 0.15) is 10.4 Å². The van der Waals surface area contributed by atoms with Gasteiger partial charge in [0.1, 0.15) is 5.82 Å². The Balaban J connectivity index is 1.48. The molecule has 33 heavy (non-hydrogen) atoms. The molecule has 6 nitrogen and oxygen atoms in total. The molecular formula is C23H16ClF3N4O2. The van der Waals surface area contributed by atoms with Crippen LogP contribution in [0.2, 0.25) is 5.02 Å². The van der Waals surface area contributed by atoms with E-state index >= 15 is 0 Å². The molecule has 168 valence electrons. The summed E-state index contributed by atoms with van der Waals surface area (Å²) in [6, 6.07) is 17.1. The topological polar surface area (TPSA) is 79.9 Å². The summed E-state index contributed by atoms with van der Waals surface area (Å²) in [5.41, 5.74) is 2.97. The van der Waals surface area contributed by atoms with Crippen molar-refractivity contribution in [3.63, 3.8) is 0 Å². The number of nitrogens with one attached hydrogen (secondary N) is 2. The highest BCUT2D eigenvalue weighted by molar-refractivity contribution is 6.33. The molecular weight excluding hydrogens is 457 g/mol. The van der Waals surface area contributed by atoms with Gasteiger partial charge in [0, 0.05) is 23.5 Å². The van der Waals surface area contributed by atoms with Gasteiger partial charge in [-0.2, -0.15) is 13.2 Å². The number of hydrogen-bond acceptors (Lipinski definition) is 4. The van der Waals surface area contributed by atoms with Gasteiger partial charge < -0.3 is 15.0 Å². The lowest BCUT2D eigenvalue weighted by molar-refractivity contribution is -0.154. The molecule has 2 heterocycles. The predicted molar refractivity (Wildman–Crippen MR) is 118 cm³/mol. The number of halogens is 4. The lowest BCUT2D eigenvalue weighted by atomic mass is 10.1. The molecule has 0 spiro atoms. The Morgan fingerprint density at radius 2 is 1.82 bits per heavy atom. The summed E-state index contributed by atoms with van der Waals surface area (Å²) >= 11 is 6.34. The number of pyridine rings is 1. The molecule has 0 unspecified atom stereocenters. The quantitative estimate of drug-likeness (QED) is 0.361. The largest absolute Gasteiger partial charge is 0.468 e. The zero-order valence-corrected chi connectivity index (χ0v) is 17.6. The number of carbonyl (C=O) groups is 1. The Hall–Kier alpha value is -3.85. The highest BCUT2D eigenvalue weighted by atomic mass is 35.5. The number of alkyl halides is 3. The number of imidazole rings is 1. The lowest BCUT2D eigenvalue weighted by Crippen LogP contribution is -2.19. The summed E-state index contributed by atoms with van der Waals surface area (Å²) in [6.07, 6.45) is -1.64. The third-order valence-electron chi connectivity index (χ3n) is 4.52. The summed E-state index contributed by atoms with van der Waals surface area (Å²) in [5.74, 6) is -0.199. The number of benzene rings is 2. The zero-order valence-electron chi connectivity index (χ0n) is 16.9. The number of aromatic amines is 1. The third kappa shape index (κ3) is 5.69. The number of hydrogen-bond donors (Lipinski definition) is 2. The number of amides is 1. The van der Waals surface area contributed by atoms with E-state index in [2.05, 4.69) is 25.0 Å². The van der Waals surface area contributed by atoms with E-state index in [1.165, 1.54) is 12.1 Å². The molecule has 0 fully saturated rings. The Morgan fingerprint density at radius 1 is 1.03 bits per heavy atom. The average molecular weight is 473 g/mol. The minimum Gasteiger partial charge on any atom is -0.468 e. The normalized spacial score (nSPS) is 11.3.